The molecule has 0 bridgehead atoms. The predicted molar refractivity (Wildman–Crippen MR) is 59.0 cm³/mol. The zero-order chi connectivity index (χ0) is 11.3. The Morgan fingerprint density at radius 2 is 2.13 bits per heavy atom. The van der Waals surface area contributed by atoms with Gasteiger partial charge in [0.1, 0.15) is 5.25 Å². The van der Waals surface area contributed by atoms with Gasteiger partial charge < -0.3 is 5.11 Å². The highest BCUT2D eigenvalue weighted by atomic mass is 32.2. The Morgan fingerprint density at radius 1 is 1.53 bits per heavy atom. The second-order valence-corrected chi connectivity index (χ2v) is 4.45. The van der Waals surface area contributed by atoms with Crippen LogP contribution in [-0.4, -0.2) is 26.3 Å². The van der Waals surface area contributed by atoms with Crippen LogP contribution in [0, 0.1) is 6.92 Å². The van der Waals surface area contributed by atoms with Gasteiger partial charge >= 0.3 is 5.97 Å². The number of carbonyl (C=O) groups is 1. The zero-order valence-electron chi connectivity index (χ0n) is 8.80. The molecule has 1 atom stereocenters. The van der Waals surface area contributed by atoms with Crippen molar-refractivity contribution in [3.05, 3.63) is 18.0 Å². The Kier molecular flexibility index (Phi) is 4.55. The summed E-state index contributed by atoms with van der Waals surface area (Å²) in [6, 6.07) is 0. The van der Waals surface area contributed by atoms with E-state index in [0.29, 0.717) is 11.6 Å². The van der Waals surface area contributed by atoms with Crippen LogP contribution in [0.1, 0.15) is 25.3 Å². The van der Waals surface area contributed by atoms with Crippen LogP contribution in [0.15, 0.2) is 17.6 Å². The van der Waals surface area contributed by atoms with E-state index in [1.807, 2.05) is 13.8 Å². The highest BCUT2D eigenvalue weighted by Crippen LogP contribution is 2.22. The van der Waals surface area contributed by atoms with E-state index < -0.39 is 11.2 Å². The monoisotopic (exact) mass is 226 g/mol. The van der Waals surface area contributed by atoms with Crippen molar-refractivity contribution < 1.29 is 9.90 Å². The molecule has 82 valence electrons. The van der Waals surface area contributed by atoms with Crippen molar-refractivity contribution in [1.29, 1.82) is 0 Å². The van der Waals surface area contributed by atoms with E-state index in [1.54, 1.807) is 12.4 Å². The zero-order valence-corrected chi connectivity index (χ0v) is 9.62. The molecule has 0 saturated carbocycles. The van der Waals surface area contributed by atoms with Gasteiger partial charge in [-0.1, -0.05) is 25.1 Å². The third-order valence-electron chi connectivity index (χ3n) is 1.83. The van der Waals surface area contributed by atoms with Crippen LogP contribution in [0.25, 0.3) is 0 Å². The topological polar surface area (TPSA) is 63.1 Å². The fourth-order valence-electron chi connectivity index (χ4n) is 1.06. The van der Waals surface area contributed by atoms with Gasteiger partial charge in [-0.25, -0.2) is 9.97 Å². The molecule has 1 unspecified atom stereocenters. The number of hydrogen-bond donors (Lipinski definition) is 1. The molecular weight excluding hydrogens is 212 g/mol. The van der Waals surface area contributed by atoms with Crippen LogP contribution in [0.3, 0.4) is 0 Å². The summed E-state index contributed by atoms with van der Waals surface area (Å²) in [5.74, 6) is -0.800. The normalized spacial score (nSPS) is 12.4. The molecule has 1 rings (SSSR count). The maximum absolute atomic E-state index is 10.9. The first-order valence-electron chi connectivity index (χ1n) is 4.81. The summed E-state index contributed by atoms with van der Waals surface area (Å²) in [6.07, 6.45) is 4.87. The molecule has 0 spiro atoms. The molecule has 0 radical (unpaired) electrons. The Labute approximate surface area is 93.1 Å². The molecule has 1 aromatic heterocycles. The molecule has 1 heterocycles. The minimum atomic E-state index is -0.800. The lowest BCUT2D eigenvalue weighted by Gasteiger charge is -2.08. The van der Waals surface area contributed by atoms with E-state index in [9.17, 15) is 4.79 Å². The van der Waals surface area contributed by atoms with E-state index in [2.05, 4.69) is 9.97 Å². The van der Waals surface area contributed by atoms with E-state index in [-0.39, 0.29) is 0 Å². The molecule has 0 aliphatic carbocycles. The molecule has 0 fully saturated rings. The second kappa shape index (κ2) is 5.70. The van der Waals surface area contributed by atoms with E-state index in [0.717, 1.165) is 12.0 Å². The van der Waals surface area contributed by atoms with Crippen molar-refractivity contribution in [1.82, 2.24) is 9.97 Å². The van der Waals surface area contributed by atoms with Gasteiger partial charge in [0, 0.05) is 12.4 Å². The predicted octanol–water partition coefficient (Wildman–Crippen LogP) is 2.13. The van der Waals surface area contributed by atoms with Crippen LogP contribution < -0.4 is 0 Å². The Hall–Kier alpha value is -1.10. The maximum Gasteiger partial charge on any atom is 0.317 e. The molecule has 15 heavy (non-hydrogen) atoms. The minimum Gasteiger partial charge on any atom is -0.480 e. The second-order valence-electron chi connectivity index (χ2n) is 3.28. The lowest BCUT2D eigenvalue weighted by Crippen LogP contribution is -2.16. The summed E-state index contributed by atoms with van der Waals surface area (Å²) in [5, 5.41) is 9.03. The largest absolute Gasteiger partial charge is 0.480 e. The first-order valence-corrected chi connectivity index (χ1v) is 5.69. The molecule has 4 nitrogen and oxygen atoms in total. The quantitative estimate of drug-likeness (QED) is 0.615. The fourth-order valence-corrected chi connectivity index (χ4v) is 2.00. The first kappa shape index (κ1) is 12.0. The van der Waals surface area contributed by atoms with Crippen molar-refractivity contribution in [2.75, 3.05) is 0 Å². The summed E-state index contributed by atoms with van der Waals surface area (Å²) in [4.78, 5) is 19.0. The van der Waals surface area contributed by atoms with Gasteiger partial charge in [-0.15, -0.1) is 0 Å². The van der Waals surface area contributed by atoms with Crippen LogP contribution in [0.2, 0.25) is 0 Å². The molecule has 0 aliphatic heterocycles. The lowest BCUT2D eigenvalue weighted by molar-refractivity contribution is -0.136. The van der Waals surface area contributed by atoms with Gasteiger partial charge in [0.05, 0.1) is 0 Å². The summed E-state index contributed by atoms with van der Waals surface area (Å²) >= 11 is 1.21. The average Bonchev–Trinajstić information content (AvgIpc) is 2.20. The maximum atomic E-state index is 10.9. The van der Waals surface area contributed by atoms with E-state index in [4.69, 9.17) is 5.11 Å². The number of carboxylic acids is 1. The Morgan fingerprint density at radius 3 is 2.60 bits per heavy atom. The third kappa shape index (κ3) is 3.87. The number of aliphatic carboxylic acids is 1. The molecular formula is C10H14N2O2S. The molecule has 0 aliphatic rings. The number of hydrogen-bond acceptors (Lipinski definition) is 4. The summed E-state index contributed by atoms with van der Waals surface area (Å²) in [7, 11) is 0. The van der Waals surface area contributed by atoms with Crippen molar-refractivity contribution in [2.24, 2.45) is 0 Å². The molecule has 1 aromatic rings. The minimum absolute atomic E-state index is 0.447. The fraction of sp³-hybridized carbons (Fsp3) is 0.500. The molecule has 0 amide bonds. The number of nitrogens with zero attached hydrogens (tertiary/aromatic N) is 2. The van der Waals surface area contributed by atoms with Crippen LogP contribution >= 0.6 is 11.8 Å². The van der Waals surface area contributed by atoms with Crippen LogP contribution in [0.5, 0.6) is 0 Å². The SMILES string of the molecule is CCCC(Sc1ncc(C)cn1)C(=O)O. The van der Waals surface area contributed by atoms with Gasteiger partial charge in [0.25, 0.3) is 0 Å². The molecule has 0 saturated heterocycles. The van der Waals surface area contributed by atoms with Crippen LogP contribution in [0.4, 0.5) is 0 Å². The number of rotatable bonds is 5. The van der Waals surface area contributed by atoms with E-state index >= 15 is 0 Å². The standard InChI is InChI=1S/C10H14N2O2S/c1-3-4-8(9(13)14)15-10-11-5-7(2)6-12-10/h5-6,8H,3-4H2,1-2H3,(H,13,14). The van der Waals surface area contributed by atoms with Gasteiger partial charge in [0.15, 0.2) is 5.16 Å². The Balaban J connectivity index is 2.65. The van der Waals surface area contributed by atoms with Crippen molar-refractivity contribution in [3.63, 3.8) is 0 Å². The molecule has 5 heteroatoms. The van der Waals surface area contributed by atoms with Crippen molar-refractivity contribution in [2.45, 2.75) is 37.1 Å². The van der Waals surface area contributed by atoms with Crippen molar-refractivity contribution >= 4 is 17.7 Å². The molecule has 1 N–H and O–H groups in total. The summed E-state index contributed by atoms with van der Waals surface area (Å²) < 4.78 is 0. The average molecular weight is 226 g/mol. The third-order valence-corrected chi connectivity index (χ3v) is 2.97. The highest BCUT2D eigenvalue weighted by molar-refractivity contribution is 8.00. The highest BCUT2D eigenvalue weighted by Gasteiger charge is 2.18. The van der Waals surface area contributed by atoms with E-state index in [1.165, 1.54) is 11.8 Å². The van der Waals surface area contributed by atoms with Gasteiger partial charge in [-0.05, 0) is 18.9 Å². The number of carboxylic acid groups (broad SMARTS) is 1. The van der Waals surface area contributed by atoms with Gasteiger partial charge in [-0.3, -0.25) is 4.79 Å². The van der Waals surface area contributed by atoms with Crippen LogP contribution in [-0.2, 0) is 4.79 Å². The molecule has 0 aromatic carbocycles. The van der Waals surface area contributed by atoms with Gasteiger partial charge in [-0.2, -0.15) is 0 Å². The number of aromatic nitrogens is 2. The lowest BCUT2D eigenvalue weighted by atomic mass is 10.2. The number of aryl methyl sites for hydroxylation is 1. The smallest absolute Gasteiger partial charge is 0.317 e. The first-order chi connectivity index (χ1) is 7.13. The summed E-state index contributed by atoms with van der Waals surface area (Å²) in [5.41, 5.74) is 0.974. The summed E-state index contributed by atoms with van der Waals surface area (Å²) in [6.45, 7) is 3.86. The van der Waals surface area contributed by atoms with Gasteiger partial charge in [0.2, 0.25) is 0 Å². The Bertz CT molecular complexity index is 327. The number of thioether (sulfide) groups is 1. The van der Waals surface area contributed by atoms with Crippen molar-refractivity contribution in [3.8, 4) is 0 Å².